The van der Waals surface area contributed by atoms with Crippen LogP contribution in [0.5, 0.6) is 5.75 Å². The van der Waals surface area contributed by atoms with E-state index >= 15 is 0 Å². The standard InChI is InChI=1S/C20H26O/c1-5-16(4)19-10-12-20(13-11-19)21-14-17-6-8-18(9-7-17)15(2)3/h6-13,15-16H,5,14H2,1-4H3. The first kappa shape index (κ1) is 15.6. The van der Waals surface area contributed by atoms with E-state index in [4.69, 9.17) is 4.74 Å². The van der Waals surface area contributed by atoms with Crippen LogP contribution in [-0.4, -0.2) is 0 Å². The van der Waals surface area contributed by atoms with Crippen LogP contribution in [0.25, 0.3) is 0 Å². The van der Waals surface area contributed by atoms with E-state index in [1.165, 1.54) is 23.1 Å². The summed E-state index contributed by atoms with van der Waals surface area (Å²) >= 11 is 0. The van der Waals surface area contributed by atoms with Crippen LogP contribution in [-0.2, 0) is 6.61 Å². The Hall–Kier alpha value is -1.76. The molecule has 2 aromatic rings. The quantitative estimate of drug-likeness (QED) is 0.640. The zero-order valence-corrected chi connectivity index (χ0v) is 13.6. The highest BCUT2D eigenvalue weighted by Crippen LogP contribution is 2.22. The van der Waals surface area contributed by atoms with E-state index in [1.807, 2.05) is 0 Å². The second-order valence-electron chi connectivity index (χ2n) is 6.06. The van der Waals surface area contributed by atoms with E-state index < -0.39 is 0 Å². The first-order valence-corrected chi connectivity index (χ1v) is 7.91. The summed E-state index contributed by atoms with van der Waals surface area (Å²) in [6.45, 7) is 9.53. The third-order valence-corrected chi connectivity index (χ3v) is 4.11. The van der Waals surface area contributed by atoms with E-state index in [2.05, 4.69) is 76.2 Å². The molecule has 0 saturated carbocycles. The zero-order valence-electron chi connectivity index (χ0n) is 13.6. The van der Waals surface area contributed by atoms with Crippen LogP contribution in [0, 0.1) is 0 Å². The average Bonchev–Trinajstić information content (AvgIpc) is 2.53. The molecule has 0 radical (unpaired) electrons. The summed E-state index contributed by atoms with van der Waals surface area (Å²) in [5.74, 6) is 2.13. The highest BCUT2D eigenvalue weighted by Gasteiger charge is 2.03. The summed E-state index contributed by atoms with van der Waals surface area (Å²) in [6, 6.07) is 17.2. The van der Waals surface area contributed by atoms with Crippen LogP contribution in [0.1, 0.15) is 62.6 Å². The van der Waals surface area contributed by atoms with Gasteiger partial charge in [-0.05, 0) is 47.1 Å². The highest BCUT2D eigenvalue weighted by atomic mass is 16.5. The maximum Gasteiger partial charge on any atom is 0.119 e. The summed E-state index contributed by atoms with van der Waals surface area (Å²) in [5, 5.41) is 0. The van der Waals surface area contributed by atoms with Crippen LogP contribution in [0.4, 0.5) is 0 Å². The molecule has 2 aromatic carbocycles. The monoisotopic (exact) mass is 282 g/mol. The number of benzene rings is 2. The Bertz CT molecular complexity index is 537. The lowest BCUT2D eigenvalue weighted by Crippen LogP contribution is -1.97. The fourth-order valence-electron chi connectivity index (χ4n) is 2.29. The van der Waals surface area contributed by atoms with Crippen LogP contribution in [0.3, 0.4) is 0 Å². The Morgan fingerprint density at radius 1 is 0.810 bits per heavy atom. The van der Waals surface area contributed by atoms with Gasteiger partial charge < -0.3 is 4.74 Å². The smallest absolute Gasteiger partial charge is 0.119 e. The van der Waals surface area contributed by atoms with Crippen molar-refractivity contribution in [1.29, 1.82) is 0 Å². The third kappa shape index (κ3) is 4.35. The molecule has 0 spiro atoms. The molecule has 0 aliphatic heterocycles. The molecule has 2 rings (SSSR count). The predicted octanol–water partition coefficient (Wildman–Crippen LogP) is 5.90. The molecule has 0 saturated heterocycles. The summed E-state index contributed by atoms with van der Waals surface area (Å²) in [4.78, 5) is 0. The number of rotatable bonds is 6. The molecule has 0 bridgehead atoms. The Labute approximate surface area is 129 Å². The molecule has 0 aliphatic rings. The Balaban J connectivity index is 1.93. The summed E-state index contributed by atoms with van der Waals surface area (Å²) in [7, 11) is 0. The minimum Gasteiger partial charge on any atom is -0.489 e. The van der Waals surface area contributed by atoms with Crippen molar-refractivity contribution in [3.05, 3.63) is 65.2 Å². The first-order chi connectivity index (χ1) is 10.1. The van der Waals surface area contributed by atoms with Crippen molar-refractivity contribution in [2.45, 2.75) is 52.6 Å². The van der Waals surface area contributed by atoms with Crippen molar-refractivity contribution in [3.8, 4) is 5.75 Å². The van der Waals surface area contributed by atoms with Crippen molar-refractivity contribution >= 4 is 0 Å². The first-order valence-electron chi connectivity index (χ1n) is 7.91. The lowest BCUT2D eigenvalue weighted by Gasteiger charge is -2.11. The summed E-state index contributed by atoms with van der Waals surface area (Å²) in [5.41, 5.74) is 3.97. The van der Waals surface area contributed by atoms with Gasteiger partial charge in [-0.25, -0.2) is 0 Å². The molecule has 21 heavy (non-hydrogen) atoms. The Morgan fingerprint density at radius 3 is 1.90 bits per heavy atom. The van der Waals surface area contributed by atoms with Gasteiger partial charge in [0.05, 0.1) is 0 Å². The van der Waals surface area contributed by atoms with Crippen LogP contribution >= 0.6 is 0 Å². The fraction of sp³-hybridized carbons (Fsp3) is 0.400. The number of hydrogen-bond acceptors (Lipinski definition) is 1. The Kier molecular flexibility index (Phi) is 5.44. The molecule has 0 aliphatic carbocycles. The molecule has 1 nitrogen and oxygen atoms in total. The van der Waals surface area contributed by atoms with Crippen LogP contribution in [0.2, 0.25) is 0 Å². The zero-order chi connectivity index (χ0) is 15.2. The van der Waals surface area contributed by atoms with E-state index in [9.17, 15) is 0 Å². The molecule has 0 N–H and O–H groups in total. The number of hydrogen-bond donors (Lipinski definition) is 0. The molecule has 1 unspecified atom stereocenters. The topological polar surface area (TPSA) is 9.23 Å². The van der Waals surface area contributed by atoms with Gasteiger partial charge in [0, 0.05) is 0 Å². The highest BCUT2D eigenvalue weighted by molar-refractivity contribution is 5.30. The normalized spacial score (nSPS) is 12.4. The molecule has 1 atom stereocenters. The molecular weight excluding hydrogens is 256 g/mol. The minimum atomic E-state index is 0.577. The van der Waals surface area contributed by atoms with Gasteiger partial charge in [0.1, 0.15) is 12.4 Å². The van der Waals surface area contributed by atoms with Crippen molar-refractivity contribution < 1.29 is 4.74 Å². The fourth-order valence-corrected chi connectivity index (χ4v) is 2.29. The largest absolute Gasteiger partial charge is 0.489 e. The molecule has 1 heteroatoms. The van der Waals surface area contributed by atoms with E-state index in [0.29, 0.717) is 18.4 Å². The lowest BCUT2D eigenvalue weighted by atomic mass is 9.99. The molecule has 0 fully saturated rings. The van der Waals surface area contributed by atoms with Crippen molar-refractivity contribution in [2.24, 2.45) is 0 Å². The average molecular weight is 282 g/mol. The van der Waals surface area contributed by atoms with Gasteiger partial charge in [-0.1, -0.05) is 64.1 Å². The number of ether oxygens (including phenoxy) is 1. The second-order valence-corrected chi connectivity index (χ2v) is 6.06. The van der Waals surface area contributed by atoms with Gasteiger partial charge in [0.25, 0.3) is 0 Å². The molecule has 0 aromatic heterocycles. The van der Waals surface area contributed by atoms with Crippen molar-refractivity contribution in [1.82, 2.24) is 0 Å². The van der Waals surface area contributed by atoms with E-state index in [1.54, 1.807) is 0 Å². The molecule has 0 amide bonds. The minimum absolute atomic E-state index is 0.577. The molecule has 0 heterocycles. The van der Waals surface area contributed by atoms with Gasteiger partial charge in [0.2, 0.25) is 0 Å². The van der Waals surface area contributed by atoms with Crippen LogP contribution in [0.15, 0.2) is 48.5 Å². The maximum atomic E-state index is 5.86. The van der Waals surface area contributed by atoms with Gasteiger partial charge in [-0.15, -0.1) is 0 Å². The van der Waals surface area contributed by atoms with Crippen molar-refractivity contribution in [3.63, 3.8) is 0 Å². The van der Waals surface area contributed by atoms with Gasteiger partial charge in [-0.3, -0.25) is 0 Å². The van der Waals surface area contributed by atoms with Crippen molar-refractivity contribution in [2.75, 3.05) is 0 Å². The predicted molar refractivity (Wildman–Crippen MR) is 90.0 cm³/mol. The van der Waals surface area contributed by atoms with E-state index in [0.717, 1.165) is 5.75 Å². The maximum absolute atomic E-state index is 5.86. The summed E-state index contributed by atoms with van der Waals surface area (Å²) < 4.78 is 5.86. The van der Waals surface area contributed by atoms with Crippen LogP contribution < -0.4 is 4.74 Å². The SMILES string of the molecule is CCC(C)c1ccc(OCc2ccc(C(C)C)cc2)cc1. The third-order valence-electron chi connectivity index (χ3n) is 4.11. The Morgan fingerprint density at radius 2 is 1.38 bits per heavy atom. The summed E-state index contributed by atoms with van der Waals surface area (Å²) in [6.07, 6.45) is 1.17. The van der Waals surface area contributed by atoms with Gasteiger partial charge in [0.15, 0.2) is 0 Å². The van der Waals surface area contributed by atoms with Gasteiger partial charge in [-0.2, -0.15) is 0 Å². The van der Waals surface area contributed by atoms with E-state index in [-0.39, 0.29) is 0 Å². The second kappa shape index (κ2) is 7.31. The molecular formula is C20H26O. The lowest BCUT2D eigenvalue weighted by molar-refractivity contribution is 0.306. The van der Waals surface area contributed by atoms with Gasteiger partial charge >= 0.3 is 0 Å². The molecule has 112 valence electrons.